The van der Waals surface area contributed by atoms with Crippen molar-refractivity contribution in [1.82, 2.24) is 4.90 Å². The van der Waals surface area contributed by atoms with E-state index >= 15 is 0 Å². The summed E-state index contributed by atoms with van der Waals surface area (Å²) < 4.78 is 0. The Bertz CT molecular complexity index is 388. The number of likely N-dealkylation sites (N-methyl/N-ethyl adjacent to an activating group) is 1. The molecule has 1 aromatic rings. The van der Waals surface area contributed by atoms with E-state index in [1.165, 1.54) is 37.9 Å². The van der Waals surface area contributed by atoms with Crippen LogP contribution in [-0.2, 0) is 11.8 Å². The molecule has 15 heavy (non-hydrogen) atoms. The van der Waals surface area contributed by atoms with Crippen LogP contribution < -0.4 is 0 Å². The van der Waals surface area contributed by atoms with Crippen LogP contribution in [0.4, 0.5) is 0 Å². The second-order valence-electron chi connectivity index (χ2n) is 5.47. The SMILES string of the molecule is Cc1ccc2c(c1)CCCC21CN(C)C1. The van der Waals surface area contributed by atoms with Crippen molar-refractivity contribution in [1.29, 1.82) is 0 Å². The summed E-state index contributed by atoms with van der Waals surface area (Å²) >= 11 is 0. The molecule has 1 aromatic carbocycles. The lowest BCUT2D eigenvalue weighted by molar-refractivity contribution is 0.0779. The Kier molecular flexibility index (Phi) is 1.93. The molecule has 0 radical (unpaired) electrons. The van der Waals surface area contributed by atoms with Crippen LogP contribution in [0.5, 0.6) is 0 Å². The molecule has 0 amide bonds. The minimum Gasteiger partial charge on any atom is -0.304 e. The lowest BCUT2D eigenvalue weighted by Crippen LogP contribution is -2.58. The minimum absolute atomic E-state index is 0.524. The van der Waals surface area contributed by atoms with Crippen molar-refractivity contribution in [2.45, 2.75) is 31.6 Å². The Morgan fingerprint density at radius 2 is 2.07 bits per heavy atom. The number of nitrogens with zero attached hydrogens (tertiary/aromatic N) is 1. The zero-order valence-electron chi connectivity index (χ0n) is 9.71. The van der Waals surface area contributed by atoms with Crippen LogP contribution in [0.1, 0.15) is 29.5 Å². The van der Waals surface area contributed by atoms with Gasteiger partial charge in [0.05, 0.1) is 0 Å². The van der Waals surface area contributed by atoms with E-state index in [0.717, 1.165) is 0 Å². The van der Waals surface area contributed by atoms with Crippen LogP contribution in [0.15, 0.2) is 18.2 Å². The van der Waals surface area contributed by atoms with Gasteiger partial charge in [0, 0.05) is 18.5 Å². The highest BCUT2D eigenvalue weighted by Gasteiger charge is 2.44. The summed E-state index contributed by atoms with van der Waals surface area (Å²) in [6, 6.07) is 7.07. The standard InChI is InChI=1S/C14H19N/c1-11-5-6-13-12(8-11)4-3-7-14(13)9-15(2)10-14/h5-6,8H,3-4,7,9-10H2,1-2H3. The summed E-state index contributed by atoms with van der Waals surface area (Å²) in [5, 5.41) is 0. The molecule has 1 heteroatoms. The summed E-state index contributed by atoms with van der Waals surface area (Å²) in [5.74, 6) is 0. The number of rotatable bonds is 0. The Balaban J connectivity index is 2.04. The van der Waals surface area contributed by atoms with E-state index in [4.69, 9.17) is 0 Å². The topological polar surface area (TPSA) is 3.24 Å². The molecule has 0 bridgehead atoms. The van der Waals surface area contributed by atoms with Crippen LogP contribution in [0.25, 0.3) is 0 Å². The Morgan fingerprint density at radius 1 is 1.27 bits per heavy atom. The number of hydrogen-bond donors (Lipinski definition) is 0. The number of hydrogen-bond acceptors (Lipinski definition) is 1. The molecule has 1 nitrogen and oxygen atoms in total. The molecule has 0 saturated carbocycles. The van der Waals surface area contributed by atoms with Gasteiger partial charge in [-0.1, -0.05) is 23.8 Å². The molecule has 80 valence electrons. The highest BCUT2D eigenvalue weighted by atomic mass is 15.2. The van der Waals surface area contributed by atoms with Gasteiger partial charge >= 0.3 is 0 Å². The number of likely N-dealkylation sites (tertiary alicyclic amines) is 1. The highest BCUT2D eigenvalue weighted by molar-refractivity contribution is 5.41. The zero-order chi connectivity index (χ0) is 10.5. The first-order valence-electron chi connectivity index (χ1n) is 5.98. The third-order valence-corrected chi connectivity index (χ3v) is 4.08. The molecule has 1 fully saturated rings. The van der Waals surface area contributed by atoms with Gasteiger partial charge in [0.1, 0.15) is 0 Å². The van der Waals surface area contributed by atoms with Crippen molar-refractivity contribution >= 4 is 0 Å². The van der Waals surface area contributed by atoms with E-state index in [1.54, 1.807) is 11.1 Å². The second-order valence-corrected chi connectivity index (χ2v) is 5.47. The number of fused-ring (bicyclic) bond motifs is 2. The number of aryl methyl sites for hydroxylation is 2. The van der Waals surface area contributed by atoms with Crippen molar-refractivity contribution < 1.29 is 0 Å². The molecule has 3 rings (SSSR count). The van der Waals surface area contributed by atoms with Crippen LogP contribution in [-0.4, -0.2) is 25.0 Å². The first-order valence-corrected chi connectivity index (χ1v) is 5.98. The molecule has 1 saturated heterocycles. The van der Waals surface area contributed by atoms with Gasteiger partial charge < -0.3 is 4.90 Å². The van der Waals surface area contributed by atoms with E-state index in [-0.39, 0.29) is 0 Å². The molecule has 0 atom stereocenters. The molecular weight excluding hydrogens is 182 g/mol. The summed E-state index contributed by atoms with van der Waals surface area (Å²) in [7, 11) is 2.23. The van der Waals surface area contributed by atoms with Crippen LogP contribution >= 0.6 is 0 Å². The van der Waals surface area contributed by atoms with Gasteiger partial charge in [-0.25, -0.2) is 0 Å². The van der Waals surface area contributed by atoms with Crippen LogP contribution in [0.2, 0.25) is 0 Å². The molecule has 0 N–H and O–H groups in total. The fourth-order valence-corrected chi connectivity index (χ4v) is 3.51. The first kappa shape index (κ1) is 9.41. The average Bonchev–Trinajstić information content (AvgIpc) is 2.15. The van der Waals surface area contributed by atoms with E-state index in [1.807, 2.05) is 0 Å². The summed E-state index contributed by atoms with van der Waals surface area (Å²) in [5.41, 5.74) is 5.21. The predicted molar refractivity (Wildman–Crippen MR) is 63.3 cm³/mol. The predicted octanol–water partition coefficient (Wildman–Crippen LogP) is 2.51. The molecule has 1 aliphatic heterocycles. The molecular formula is C14H19N. The first-order chi connectivity index (χ1) is 7.20. The smallest absolute Gasteiger partial charge is 0.0210 e. The lowest BCUT2D eigenvalue weighted by atomic mass is 9.65. The third kappa shape index (κ3) is 1.33. The van der Waals surface area contributed by atoms with E-state index in [2.05, 4.69) is 37.1 Å². The van der Waals surface area contributed by atoms with Crippen LogP contribution in [0.3, 0.4) is 0 Å². The van der Waals surface area contributed by atoms with Gasteiger partial charge in [0.15, 0.2) is 0 Å². The fourth-order valence-electron chi connectivity index (χ4n) is 3.51. The molecule has 1 heterocycles. The van der Waals surface area contributed by atoms with Crippen molar-refractivity contribution in [3.8, 4) is 0 Å². The summed E-state index contributed by atoms with van der Waals surface area (Å²) in [4.78, 5) is 2.44. The summed E-state index contributed by atoms with van der Waals surface area (Å²) in [6.45, 7) is 4.74. The largest absolute Gasteiger partial charge is 0.304 e. The number of benzene rings is 1. The highest BCUT2D eigenvalue weighted by Crippen LogP contribution is 2.43. The van der Waals surface area contributed by atoms with E-state index < -0.39 is 0 Å². The van der Waals surface area contributed by atoms with E-state index in [0.29, 0.717) is 5.41 Å². The Labute approximate surface area is 92.1 Å². The van der Waals surface area contributed by atoms with Gasteiger partial charge in [-0.2, -0.15) is 0 Å². The minimum atomic E-state index is 0.524. The Hall–Kier alpha value is -0.820. The molecule has 0 aromatic heterocycles. The van der Waals surface area contributed by atoms with Gasteiger partial charge in [0.2, 0.25) is 0 Å². The maximum atomic E-state index is 2.44. The maximum absolute atomic E-state index is 2.44. The molecule has 1 aliphatic carbocycles. The summed E-state index contributed by atoms with van der Waals surface area (Å²) in [6.07, 6.45) is 4.07. The zero-order valence-corrected chi connectivity index (χ0v) is 9.71. The van der Waals surface area contributed by atoms with Gasteiger partial charge in [-0.3, -0.25) is 0 Å². The van der Waals surface area contributed by atoms with Crippen molar-refractivity contribution in [3.05, 3.63) is 34.9 Å². The molecule has 0 unspecified atom stereocenters. The third-order valence-electron chi connectivity index (χ3n) is 4.08. The van der Waals surface area contributed by atoms with Crippen molar-refractivity contribution in [2.75, 3.05) is 20.1 Å². The monoisotopic (exact) mass is 201 g/mol. The normalized spacial score (nSPS) is 23.6. The average molecular weight is 201 g/mol. The maximum Gasteiger partial charge on any atom is 0.0210 e. The van der Waals surface area contributed by atoms with Crippen molar-refractivity contribution in [2.24, 2.45) is 0 Å². The fraction of sp³-hybridized carbons (Fsp3) is 0.571. The quantitative estimate of drug-likeness (QED) is 0.623. The van der Waals surface area contributed by atoms with E-state index in [9.17, 15) is 0 Å². The molecule has 2 aliphatic rings. The molecule has 1 spiro atoms. The van der Waals surface area contributed by atoms with Gasteiger partial charge in [-0.05, 0) is 44.4 Å². The van der Waals surface area contributed by atoms with Gasteiger partial charge in [-0.15, -0.1) is 0 Å². The Morgan fingerprint density at radius 3 is 2.80 bits per heavy atom. The second kappa shape index (κ2) is 3.08. The van der Waals surface area contributed by atoms with Crippen LogP contribution in [0, 0.1) is 6.92 Å². The lowest BCUT2D eigenvalue weighted by Gasteiger charge is -2.52. The van der Waals surface area contributed by atoms with Crippen molar-refractivity contribution in [3.63, 3.8) is 0 Å². The van der Waals surface area contributed by atoms with Gasteiger partial charge in [0.25, 0.3) is 0 Å².